The van der Waals surface area contributed by atoms with Crippen molar-refractivity contribution in [2.24, 2.45) is 5.16 Å². The third kappa shape index (κ3) is 2.89. The van der Waals surface area contributed by atoms with Crippen LogP contribution in [0.4, 0.5) is 0 Å². The van der Waals surface area contributed by atoms with E-state index >= 15 is 0 Å². The van der Waals surface area contributed by atoms with Crippen molar-refractivity contribution in [1.29, 1.82) is 0 Å². The van der Waals surface area contributed by atoms with Crippen molar-refractivity contribution >= 4 is 12.2 Å². The molecule has 0 aliphatic heterocycles. The fourth-order valence-corrected chi connectivity index (χ4v) is 1.09. The molecule has 0 aliphatic rings. The zero-order chi connectivity index (χ0) is 10.4. The number of hydrogen-bond donors (Lipinski definition) is 2. The van der Waals surface area contributed by atoms with Gasteiger partial charge in [-0.1, -0.05) is 5.16 Å². The Labute approximate surface area is 80.5 Å². The largest absolute Gasteiger partial charge is 0.481 e. The Kier molecular flexibility index (Phi) is 3.66. The second-order valence-electron chi connectivity index (χ2n) is 2.72. The lowest BCUT2D eigenvalue weighted by Gasteiger charge is -2.01. The summed E-state index contributed by atoms with van der Waals surface area (Å²) in [5.41, 5.74) is 0. The first-order chi connectivity index (χ1) is 6.74. The van der Waals surface area contributed by atoms with Crippen LogP contribution in [0.25, 0.3) is 0 Å². The van der Waals surface area contributed by atoms with Crippen LogP contribution in [0.3, 0.4) is 0 Å². The van der Waals surface area contributed by atoms with Gasteiger partial charge in [-0.05, 0) is 6.42 Å². The molecule has 2 N–H and O–H groups in total. The van der Waals surface area contributed by atoms with Crippen LogP contribution in [0.5, 0.6) is 0 Å². The van der Waals surface area contributed by atoms with Gasteiger partial charge in [0.2, 0.25) is 0 Å². The number of rotatable bonds is 5. The Morgan fingerprint density at radius 1 is 1.71 bits per heavy atom. The molecule has 0 bridgehead atoms. The Bertz CT molecular complexity index is 332. The zero-order valence-corrected chi connectivity index (χ0v) is 7.50. The smallest absolute Gasteiger partial charge is 0.303 e. The fraction of sp³-hybridized carbons (Fsp3) is 0.375. The number of imidazole rings is 1. The predicted octanol–water partition coefficient (Wildman–Crippen LogP) is 0.556. The average Bonchev–Trinajstić information content (AvgIpc) is 2.53. The molecule has 0 radical (unpaired) electrons. The first kappa shape index (κ1) is 10.2. The summed E-state index contributed by atoms with van der Waals surface area (Å²) < 4.78 is 1.72. The minimum Gasteiger partial charge on any atom is -0.481 e. The second-order valence-corrected chi connectivity index (χ2v) is 2.72. The minimum absolute atomic E-state index is 0.119. The molecular formula is C8H11N3O3. The molecule has 1 aromatic heterocycles. The molecule has 0 unspecified atom stereocenters. The van der Waals surface area contributed by atoms with Crippen molar-refractivity contribution in [3.63, 3.8) is 0 Å². The van der Waals surface area contributed by atoms with Crippen molar-refractivity contribution in [3.8, 4) is 0 Å². The molecule has 0 atom stereocenters. The van der Waals surface area contributed by atoms with E-state index in [4.69, 9.17) is 10.3 Å². The molecule has 0 saturated carbocycles. The molecule has 1 aromatic rings. The lowest BCUT2D eigenvalue weighted by Crippen LogP contribution is -2.04. The number of aryl methyl sites for hydroxylation is 1. The standard InChI is InChI=1S/C8H11N3O3/c12-8(13)2-1-4-11-5-3-9-7(11)6-10-14/h3,5-6,14H,1-2,4H2,(H,12,13)/b10-6+. The molecule has 6 heteroatoms. The van der Waals surface area contributed by atoms with Gasteiger partial charge in [-0.25, -0.2) is 4.98 Å². The van der Waals surface area contributed by atoms with Crippen LogP contribution in [-0.2, 0) is 11.3 Å². The maximum atomic E-state index is 10.2. The Morgan fingerprint density at radius 3 is 3.14 bits per heavy atom. The van der Waals surface area contributed by atoms with E-state index in [1.54, 1.807) is 17.0 Å². The number of nitrogens with zero attached hydrogens (tertiary/aromatic N) is 3. The lowest BCUT2D eigenvalue weighted by atomic mass is 10.3. The van der Waals surface area contributed by atoms with Crippen molar-refractivity contribution in [2.75, 3.05) is 0 Å². The van der Waals surface area contributed by atoms with Gasteiger partial charge in [0.25, 0.3) is 0 Å². The lowest BCUT2D eigenvalue weighted by molar-refractivity contribution is -0.137. The van der Waals surface area contributed by atoms with E-state index < -0.39 is 5.97 Å². The van der Waals surface area contributed by atoms with Gasteiger partial charge in [0.1, 0.15) is 6.21 Å². The maximum Gasteiger partial charge on any atom is 0.303 e. The summed E-state index contributed by atoms with van der Waals surface area (Å²) in [4.78, 5) is 14.2. The molecule has 1 rings (SSSR count). The van der Waals surface area contributed by atoms with Gasteiger partial charge < -0.3 is 14.9 Å². The highest BCUT2D eigenvalue weighted by Crippen LogP contribution is 1.99. The number of carbonyl (C=O) groups is 1. The first-order valence-electron chi connectivity index (χ1n) is 4.14. The van der Waals surface area contributed by atoms with Crippen LogP contribution < -0.4 is 0 Å². The van der Waals surface area contributed by atoms with Crippen molar-refractivity contribution in [3.05, 3.63) is 18.2 Å². The average molecular weight is 197 g/mol. The van der Waals surface area contributed by atoms with E-state index in [-0.39, 0.29) is 6.42 Å². The second kappa shape index (κ2) is 5.00. The number of carboxylic acids is 1. The highest BCUT2D eigenvalue weighted by Gasteiger charge is 2.01. The van der Waals surface area contributed by atoms with Crippen molar-refractivity contribution in [1.82, 2.24) is 9.55 Å². The minimum atomic E-state index is -0.817. The van der Waals surface area contributed by atoms with Gasteiger partial charge in [-0.2, -0.15) is 0 Å². The molecule has 0 amide bonds. The highest BCUT2D eigenvalue weighted by molar-refractivity contribution is 5.74. The molecule has 1 heterocycles. The van der Waals surface area contributed by atoms with Crippen LogP contribution in [-0.4, -0.2) is 32.0 Å². The first-order valence-corrected chi connectivity index (χ1v) is 4.14. The van der Waals surface area contributed by atoms with Gasteiger partial charge >= 0.3 is 5.97 Å². The number of oxime groups is 1. The third-order valence-electron chi connectivity index (χ3n) is 1.71. The summed E-state index contributed by atoms with van der Waals surface area (Å²) in [5.74, 6) is -0.305. The van der Waals surface area contributed by atoms with E-state index in [0.29, 0.717) is 18.8 Å². The Morgan fingerprint density at radius 2 is 2.50 bits per heavy atom. The summed E-state index contributed by atoms with van der Waals surface area (Å²) in [6, 6.07) is 0. The fourth-order valence-electron chi connectivity index (χ4n) is 1.09. The van der Waals surface area contributed by atoms with Crippen molar-refractivity contribution < 1.29 is 15.1 Å². The summed E-state index contributed by atoms with van der Waals surface area (Å²) in [7, 11) is 0. The van der Waals surface area contributed by atoms with E-state index in [2.05, 4.69) is 10.1 Å². The molecule has 0 spiro atoms. The molecule has 14 heavy (non-hydrogen) atoms. The van der Waals surface area contributed by atoms with Gasteiger partial charge in [0.15, 0.2) is 5.82 Å². The van der Waals surface area contributed by atoms with E-state index in [0.717, 1.165) is 0 Å². The van der Waals surface area contributed by atoms with Crippen LogP contribution in [0.2, 0.25) is 0 Å². The quantitative estimate of drug-likeness (QED) is 0.410. The number of aliphatic carboxylic acids is 1. The molecular weight excluding hydrogens is 186 g/mol. The summed E-state index contributed by atoms with van der Waals surface area (Å²) in [5, 5.41) is 19.6. The molecule has 0 aromatic carbocycles. The Balaban J connectivity index is 2.49. The van der Waals surface area contributed by atoms with Gasteiger partial charge in [0, 0.05) is 25.4 Å². The predicted molar refractivity (Wildman–Crippen MR) is 48.5 cm³/mol. The molecule has 76 valence electrons. The van der Waals surface area contributed by atoms with E-state index in [1.165, 1.54) is 6.21 Å². The molecule has 0 aliphatic carbocycles. The molecule has 0 saturated heterocycles. The van der Waals surface area contributed by atoms with Gasteiger partial charge in [-0.3, -0.25) is 4.79 Å². The van der Waals surface area contributed by atoms with E-state index in [1.807, 2.05) is 0 Å². The number of aromatic nitrogens is 2. The van der Waals surface area contributed by atoms with Crippen LogP contribution in [0.1, 0.15) is 18.7 Å². The van der Waals surface area contributed by atoms with Gasteiger partial charge in [0.05, 0.1) is 0 Å². The number of carboxylic acid groups (broad SMARTS) is 1. The topological polar surface area (TPSA) is 87.7 Å². The maximum absolute atomic E-state index is 10.2. The van der Waals surface area contributed by atoms with Crippen LogP contribution in [0, 0.1) is 0 Å². The van der Waals surface area contributed by atoms with Crippen LogP contribution >= 0.6 is 0 Å². The molecule has 0 fully saturated rings. The number of hydrogen-bond acceptors (Lipinski definition) is 4. The SMILES string of the molecule is O=C(O)CCCn1ccnc1/C=N/O. The normalized spacial score (nSPS) is 10.9. The Hall–Kier alpha value is -1.85. The summed E-state index contributed by atoms with van der Waals surface area (Å²) >= 11 is 0. The summed E-state index contributed by atoms with van der Waals surface area (Å²) in [6.45, 7) is 0.549. The van der Waals surface area contributed by atoms with E-state index in [9.17, 15) is 4.79 Å². The molecule has 6 nitrogen and oxygen atoms in total. The zero-order valence-electron chi connectivity index (χ0n) is 7.50. The monoisotopic (exact) mass is 197 g/mol. The van der Waals surface area contributed by atoms with Gasteiger partial charge in [-0.15, -0.1) is 0 Å². The van der Waals surface area contributed by atoms with Crippen LogP contribution in [0.15, 0.2) is 17.5 Å². The van der Waals surface area contributed by atoms with Crippen molar-refractivity contribution in [2.45, 2.75) is 19.4 Å². The summed E-state index contributed by atoms with van der Waals surface area (Å²) in [6.07, 6.45) is 5.13. The third-order valence-corrected chi connectivity index (χ3v) is 1.71. The highest BCUT2D eigenvalue weighted by atomic mass is 16.4.